The molecule has 0 N–H and O–H groups in total. The van der Waals surface area contributed by atoms with Crippen molar-refractivity contribution in [1.29, 1.82) is 0 Å². The first kappa shape index (κ1) is 19.5. The average Bonchev–Trinajstić information content (AvgIpc) is 3.36. The number of hydrogen-bond acceptors (Lipinski definition) is 5. The molecule has 3 aromatic heterocycles. The molecule has 7 nitrogen and oxygen atoms in total. The minimum atomic E-state index is -3.47. The molecule has 2 atom stereocenters. The summed E-state index contributed by atoms with van der Waals surface area (Å²) < 4.78 is 28.5. The molecule has 0 saturated heterocycles. The van der Waals surface area contributed by atoms with Gasteiger partial charge in [-0.15, -0.1) is 0 Å². The second-order valence-corrected chi connectivity index (χ2v) is 10.6. The van der Waals surface area contributed by atoms with Crippen LogP contribution in [0.15, 0.2) is 41.7 Å². The van der Waals surface area contributed by atoms with E-state index in [2.05, 4.69) is 21.6 Å². The molecule has 9 heteroatoms. The van der Waals surface area contributed by atoms with E-state index in [9.17, 15) is 8.42 Å². The topological polar surface area (TPSA) is 82.7 Å². The van der Waals surface area contributed by atoms with Crippen molar-refractivity contribution in [2.24, 2.45) is 5.92 Å². The van der Waals surface area contributed by atoms with Gasteiger partial charge in [0.25, 0.3) is 0 Å². The van der Waals surface area contributed by atoms with Crippen LogP contribution >= 0.6 is 11.6 Å². The van der Waals surface area contributed by atoms with E-state index < -0.39 is 9.84 Å². The molecule has 1 aromatic carbocycles. The first-order chi connectivity index (χ1) is 14.3. The number of imidazole rings is 1. The standard InChI is InChI=1S/C21H22ClN5O2S/c1-13-3-5-15(9-13)27-18-6-4-14(22)10-17(18)24-20(27)12-26-19-11-23-8-7-16(19)21(25-26)30(2,28)29/h4,6-8,10-11,13,15H,3,5,9,12H2,1-2H3. The molecule has 3 heterocycles. The monoisotopic (exact) mass is 443 g/mol. The summed E-state index contributed by atoms with van der Waals surface area (Å²) >= 11 is 6.21. The van der Waals surface area contributed by atoms with Crippen molar-refractivity contribution in [2.75, 3.05) is 6.26 Å². The Morgan fingerprint density at radius 3 is 2.77 bits per heavy atom. The fourth-order valence-corrected chi connectivity index (χ4v) is 5.56. The number of halogens is 1. The molecule has 2 unspecified atom stereocenters. The Balaban J connectivity index is 1.68. The Morgan fingerprint density at radius 1 is 1.20 bits per heavy atom. The number of rotatable bonds is 4. The molecular formula is C21H22ClN5O2S. The highest BCUT2D eigenvalue weighted by atomic mass is 35.5. The summed E-state index contributed by atoms with van der Waals surface area (Å²) in [7, 11) is -3.47. The van der Waals surface area contributed by atoms with Gasteiger partial charge in [-0.25, -0.2) is 13.4 Å². The fourth-order valence-electron chi connectivity index (χ4n) is 4.57. The minimum Gasteiger partial charge on any atom is -0.323 e. The van der Waals surface area contributed by atoms with Crippen molar-refractivity contribution in [3.05, 3.63) is 47.5 Å². The second-order valence-electron chi connectivity index (χ2n) is 8.23. The van der Waals surface area contributed by atoms with E-state index in [1.165, 1.54) is 12.7 Å². The normalized spacial score (nSPS) is 19.8. The maximum absolute atomic E-state index is 12.3. The Hall–Kier alpha value is -2.45. The molecule has 0 radical (unpaired) electrons. The molecule has 0 aliphatic heterocycles. The van der Waals surface area contributed by atoms with Gasteiger partial charge in [0.1, 0.15) is 5.82 Å². The maximum Gasteiger partial charge on any atom is 0.195 e. The molecule has 1 aliphatic carbocycles. The van der Waals surface area contributed by atoms with Crippen LogP contribution in [0.1, 0.15) is 38.1 Å². The van der Waals surface area contributed by atoms with E-state index >= 15 is 0 Å². The third-order valence-electron chi connectivity index (χ3n) is 5.92. The third-order valence-corrected chi connectivity index (χ3v) is 7.16. The van der Waals surface area contributed by atoms with E-state index in [0.29, 0.717) is 34.4 Å². The molecule has 1 aliphatic rings. The lowest BCUT2D eigenvalue weighted by Gasteiger charge is -2.17. The summed E-state index contributed by atoms with van der Waals surface area (Å²) in [5.41, 5.74) is 2.57. The Labute approximate surface area is 179 Å². The molecule has 156 valence electrons. The summed E-state index contributed by atoms with van der Waals surface area (Å²) in [5, 5.41) is 5.73. The highest BCUT2D eigenvalue weighted by Gasteiger charge is 2.27. The van der Waals surface area contributed by atoms with Gasteiger partial charge in [-0.05, 0) is 49.4 Å². The first-order valence-electron chi connectivity index (χ1n) is 9.98. The van der Waals surface area contributed by atoms with Crippen LogP contribution in [0.2, 0.25) is 5.02 Å². The number of nitrogens with zero attached hydrogens (tertiary/aromatic N) is 5. The predicted molar refractivity (Wildman–Crippen MR) is 117 cm³/mol. The zero-order valence-corrected chi connectivity index (χ0v) is 18.4. The van der Waals surface area contributed by atoms with Gasteiger partial charge < -0.3 is 4.57 Å². The first-order valence-corrected chi connectivity index (χ1v) is 12.2. The van der Waals surface area contributed by atoms with Gasteiger partial charge >= 0.3 is 0 Å². The van der Waals surface area contributed by atoms with Crippen molar-refractivity contribution >= 4 is 43.4 Å². The Morgan fingerprint density at radius 2 is 2.03 bits per heavy atom. The third kappa shape index (κ3) is 3.28. The highest BCUT2D eigenvalue weighted by molar-refractivity contribution is 7.90. The van der Waals surface area contributed by atoms with Gasteiger partial charge in [0.15, 0.2) is 14.9 Å². The van der Waals surface area contributed by atoms with Crippen LogP contribution in [0.3, 0.4) is 0 Å². The van der Waals surface area contributed by atoms with Crippen LogP contribution in [0.25, 0.3) is 21.9 Å². The molecule has 1 saturated carbocycles. The predicted octanol–water partition coefficient (Wildman–Crippen LogP) is 4.25. The molecule has 5 rings (SSSR count). The van der Waals surface area contributed by atoms with Gasteiger partial charge in [-0.2, -0.15) is 5.10 Å². The SMILES string of the molecule is CC1CCC(n2c(Cn3nc(S(C)(=O)=O)c4ccncc43)nc3cc(Cl)ccc32)C1. The zero-order chi connectivity index (χ0) is 21.0. The van der Waals surface area contributed by atoms with Crippen LogP contribution in [0.5, 0.6) is 0 Å². The van der Waals surface area contributed by atoms with Gasteiger partial charge in [-0.3, -0.25) is 9.67 Å². The minimum absolute atomic E-state index is 0.0695. The smallest absolute Gasteiger partial charge is 0.195 e. The van der Waals surface area contributed by atoms with E-state index in [4.69, 9.17) is 16.6 Å². The summed E-state index contributed by atoms with van der Waals surface area (Å²) in [6.07, 6.45) is 7.79. The largest absolute Gasteiger partial charge is 0.323 e. The van der Waals surface area contributed by atoms with Crippen LogP contribution in [-0.2, 0) is 16.4 Å². The van der Waals surface area contributed by atoms with Gasteiger partial charge in [0.05, 0.1) is 29.3 Å². The average molecular weight is 444 g/mol. The van der Waals surface area contributed by atoms with Crippen LogP contribution in [-0.4, -0.2) is 39.0 Å². The number of benzene rings is 1. The van der Waals surface area contributed by atoms with Gasteiger partial charge in [0.2, 0.25) is 0 Å². The second kappa shape index (κ2) is 7.06. The number of aromatic nitrogens is 5. The molecular weight excluding hydrogens is 422 g/mol. The molecule has 30 heavy (non-hydrogen) atoms. The number of sulfone groups is 1. The van der Waals surface area contributed by atoms with Crippen molar-refractivity contribution in [3.8, 4) is 0 Å². The van der Waals surface area contributed by atoms with Gasteiger partial charge in [-0.1, -0.05) is 18.5 Å². The van der Waals surface area contributed by atoms with Crippen LogP contribution in [0.4, 0.5) is 0 Å². The van der Waals surface area contributed by atoms with Crippen molar-refractivity contribution < 1.29 is 8.42 Å². The Bertz CT molecular complexity index is 1380. The highest BCUT2D eigenvalue weighted by Crippen LogP contribution is 2.38. The number of hydrogen-bond donors (Lipinski definition) is 0. The number of fused-ring (bicyclic) bond motifs is 2. The molecule has 4 aromatic rings. The lowest BCUT2D eigenvalue weighted by molar-refractivity contribution is 0.477. The molecule has 0 bridgehead atoms. The molecule has 0 spiro atoms. The maximum atomic E-state index is 12.3. The van der Waals surface area contributed by atoms with E-state index in [0.717, 1.165) is 29.7 Å². The van der Waals surface area contributed by atoms with E-state index in [1.807, 2.05) is 18.2 Å². The van der Waals surface area contributed by atoms with E-state index in [-0.39, 0.29) is 5.03 Å². The summed E-state index contributed by atoms with van der Waals surface area (Å²) in [4.78, 5) is 9.04. The summed E-state index contributed by atoms with van der Waals surface area (Å²) in [6.45, 7) is 2.63. The van der Waals surface area contributed by atoms with Crippen molar-refractivity contribution in [3.63, 3.8) is 0 Å². The summed E-state index contributed by atoms with van der Waals surface area (Å²) in [5.74, 6) is 1.51. The van der Waals surface area contributed by atoms with Gasteiger partial charge in [0, 0.05) is 28.9 Å². The van der Waals surface area contributed by atoms with Crippen LogP contribution in [0, 0.1) is 5.92 Å². The van der Waals surface area contributed by atoms with E-state index in [1.54, 1.807) is 23.1 Å². The lowest BCUT2D eigenvalue weighted by Crippen LogP contribution is -2.14. The quantitative estimate of drug-likeness (QED) is 0.471. The lowest BCUT2D eigenvalue weighted by atomic mass is 10.1. The van der Waals surface area contributed by atoms with Crippen molar-refractivity contribution in [2.45, 2.75) is 43.8 Å². The zero-order valence-electron chi connectivity index (χ0n) is 16.8. The summed E-state index contributed by atoms with van der Waals surface area (Å²) in [6, 6.07) is 7.83. The fraction of sp³-hybridized carbons (Fsp3) is 0.381. The number of pyridine rings is 1. The van der Waals surface area contributed by atoms with Crippen molar-refractivity contribution in [1.82, 2.24) is 24.3 Å². The molecule has 0 amide bonds. The van der Waals surface area contributed by atoms with Crippen LogP contribution < -0.4 is 0 Å². The molecule has 1 fully saturated rings. The Kier molecular flexibility index (Phi) is 4.59.